The molecule has 0 aromatic carbocycles. The van der Waals surface area contributed by atoms with Crippen LogP contribution in [0.1, 0.15) is 44.2 Å². The maximum atomic E-state index is 11.8. The van der Waals surface area contributed by atoms with Crippen LogP contribution in [0.3, 0.4) is 0 Å². The van der Waals surface area contributed by atoms with Crippen LogP contribution in [0.15, 0.2) is 12.3 Å². The van der Waals surface area contributed by atoms with Gasteiger partial charge in [0.1, 0.15) is 11.7 Å². The number of carboxylic acid groups (broad SMARTS) is 1. The van der Waals surface area contributed by atoms with E-state index in [2.05, 4.69) is 10.4 Å². The van der Waals surface area contributed by atoms with Crippen LogP contribution in [0, 0.1) is 5.92 Å². The largest absolute Gasteiger partial charge is 0.480 e. The van der Waals surface area contributed by atoms with Crippen molar-refractivity contribution < 1.29 is 14.7 Å². The zero-order valence-corrected chi connectivity index (χ0v) is 11.0. The summed E-state index contributed by atoms with van der Waals surface area (Å²) in [6.45, 7) is 7.38. The maximum Gasteiger partial charge on any atom is 0.326 e. The van der Waals surface area contributed by atoms with Gasteiger partial charge in [-0.1, -0.05) is 13.8 Å². The Bertz CT molecular complexity index is 438. The van der Waals surface area contributed by atoms with Gasteiger partial charge in [-0.05, 0) is 25.8 Å². The van der Waals surface area contributed by atoms with Crippen molar-refractivity contribution in [3.8, 4) is 0 Å². The van der Waals surface area contributed by atoms with E-state index in [1.807, 2.05) is 13.8 Å². The van der Waals surface area contributed by atoms with Gasteiger partial charge < -0.3 is 10.4 Å². The molecule has 0 fully saturated rings. The Labute approximate surface area is 106 Å². The molecule has 1 aromatic rings. The summed E-state index contributed by atoms with van der Waals surface area (Å²) in [5.74, 6) is -1.68. The van der Waals surface area contributed by atoms with Gasteiger partial charge in [0.05, 0.1) is 0 Å². The Balaban J connectivity index is 2.77. The van der Waals surface area contributed by atoms with Crippen molar-refractivity contribution in [3.63, 3.8) is 0 Å². The second-order valence-electron chi connectivity index (χ2n) is 4.81. The number of hydrogen-bond acceptors (Lipinski definition) is 3. The summed E-state index contributed by atoms with van der Waals surface area (Å²) in [4.78, 5) is 22.8. The summed E-state index contributed by atoms with van der Waals surface area (Å²) < 4.78 is 1.65. The third kappa shape index (κ3) is 3.32. The van der Waals surface area contributed by atoms with Gasteiger partial charge in [0.25, 0.3) is 5.91 Å². The number of nitrogens with one attached hydrogen (secondary N) is 1. The van der Waals surface area contributed by atoms with Crippen molar-refractivity contribution in [2.24, 2.45) is 5.92 Å². The minimum absolute atomic E-state index is 0.159. The lowest BCUT2D eigenvalue weighted by Crippen LogP contribution is -2.44. The van der Waals surface area contributed by atoms with Gasteiger partial charge >= 0.3 is 5.97 Å². The average molecular weight is 253 g/mol. The summed E-state index contributed by atoms with van der Waals surface area (Å²) in [6.07, 6.45) is 1.70. The molecule has 18 heavy (non-hydrogen) atoms. The lowest BCUT2D eigenvalue weighted by molar-refractivity contribution is -0.140. The number of hydrogen-bond donors (Lipinski definition) is 2. The van der Waals surface area contributed by atoms with Gasteiger partial charge in [0, 0.05) is 12.2 Å². The second-order valence-corrected chi connectivity index (χ2v) is 4.81. The van der Waals surface area contributed by atoms with Crippen LogP contribution in [0.4, 0.5) is 0 Å². The highest BCUT2D eigenvalue weighted by Crippen LogP contribution is 2.06. The Kier molecular flexibility index (Phi) is 4.47. The quantitative estimate of drug-likeness (QED) is 0.828. The molecule has 1 amide bonds. The minimum atomic E-state index is -1.04. The Morgan fingerprint density at radius 1 is 1.33 bits per heavy atom. The van der Waals surface area contributed by atoms with E-state index in [1.165, 1.54) is 0 Å². The zero-order chi connectivity index (χ0) is 13.9. The molecule has 0 bridgehead atoms. The lowest BCUT2D eigenvalue weighted by Gasteiger charge is -2.17. The van der Waals surface area contributed by atoms with E-state index in [0.717, 1.165) is 0 Å². The molecular weight excluding hydrogens is 234 g/mol. The van der Waals surface area contributed by atoms with Crippen LogP contribution < -0.4 is 5.32 Å². The second kappa shape index (κ2) is 5.66. The first-order valence-electron chi connectivity index (χ1n) is 5.91. The molecule has 1 aromatic heterocycles. The lowest BCUT2D eigenvalue weighted by atomic mass is 10.0. The number of rotatable bonds is 5. The van der Waals surface area contributed by atoms with E-state index in [1.54, 1.807) is 30.8 Å². The van der Waals surface area contributed by atoms with Crippen LogP contribution in [0.25, 0.3) is 0 Å². The predicted octanol–water partition coefficient (Wildman–Crippen LogP) is 1.30. The van der Waals surface area contributed by atoms with E-state index < -0.39 is 17.9 Å². The fourth-order valence-electron chi connectivity index (χ4n) is 1.48. The van der Waals surface area contributed by atoms with Crippen molar-refractivity contribution in [1.82, 2.24) is 15.1 Å². The zero-order valence-electron chi connectivity index (χ0n) is 11.0. The molecule has 0 aliphatic carbocycles. The van der Waals surface area contributed by atoms with Crippen molar-refractivity contribution in [3.05, 3.63) is 18.0 Å². The summed E-state index contributed by atoms with van der Waals surface area (Å²) in [5, 5.41) is 15.6. The molecule has 2 N–H and O–H groups in total. The first kappa shape index (κ1) is 14.2. The summed E-state index contributed by atoms with van der Waals surface area (Å²) >= 11 is 0. The Morgan fingerprint density at radius 3 is 2.33 bits per heavy atom. The third-order valence-corrected chi connectivity index (χ3v) is 2.59. The molecule has 100 valence electrons. The van der Waals surface area contributed by atoms with Gasteiger partial charge in [0.15, 0.2) is 0 Å². The van der Waals surface area contributed by atoms with E-state index >= 15 is 0 Å². The fourth-order valence-corrected chi connectivity index (χ4v) is 1.48. The van der Waals surface area contributed by atoms with Crippen LogP contribution in [-0.2, 0) is 4.79 Å². The number of aliphatic carboxylic acids is 1. The van der Waals surface area contributed by atoms with Crippen LogP contribution >= 0.6 is 0 Å². The minimum Gasteiger partial charge on any atom is -0.480 e. The molecule has 0 saturated heterocycles. The first-order valence-corrected chi connectivity index (χ1v) is 5.91. The van der Waals surface area contributed by atoms with E-state index in [4.69, 9.17) is 5.11 Å². The van der Waals surface area contributed by atoms with E-state index in [0.29, 0.717) is 0 Å². The molecule has 6 nitrogen and oxygen atoms in total. The van der Waals surface area contributed by atoms with Crippen molar-refractivity contribution >= 4 is 11.9 Å². The normalized spacial score (nSPS) is 12.8. The van der Waals surface area contributed by atoms with Gasteiger partial charge in [-0.25, -0.2) is 4.79 Å². The molecule has 1 heterocycles. The summed E-state index contributed by atoms with van der Waals surface area (Å²) in [5.41, 5.74) is 0.232. The smallest absolute Gasteiger partial charge is 0.326 e. The SMILES string of the molecule is CC(C)C(NC(=O)c1ccn(C(C)C)n1)C(=O)O. The molecule has 6 heteroatoms. The summed E-state index contributed by atoms with van der Waals surface area (Å²) in [6, 6.07) is 0.836. The van der Waals surface area contributed by atoms with Crippen molar-refractivity contribution in [2.45, 2.75) is 39.8 Å². The molecule has 0 saturated carbocycles. The summed E-state index contributed by atoms with van der Waals surface area (Å²) in [7, 11) is 0. The number of amides is 1. The topological polar surface area (TPSA) is 84.2 Å². The number of carboxylic acids is 1. The molecule has 0 aliphatic rings. The maximum absolute atomic E-state index is 11.8. The average Bonchev–Trinajstić information content (AvgIpc) is 2.73. The predicted molar refractivity (Wildman–Crippen MR) is 66.3 cm³/mol. The molecular formula is C12H19N3O3. The molecule has 1 unspecified atom stereocenters. The van der Waals surface area contributed by atoms with Crippen molar-refractivity contribution in [1.29, 1.82) is 0 Å². The molecule has 1 atom stereocenters. The van der Waals surface area contributed by atoms with Gasteiger partial charge in [-0.2, -0.15) is 5.10 Å². The Morgan fingerprint density at radius 2 is 1.94 bits per heavy atom. The number of carbonyl (C=O) groups is 2. The highest BCUT2D eigenvalue weighted by molar-refractivity contribution is 5.94. The molecule has 1 rings (SSSR count). The van der Waals surface area contributed by atoms with E-state index in [-0.39, 0.29) is 17.7 Å². The number of aromatic nitrogens is 2. The molecule has 0 radical (unpaired) electrons. The highest BCUT2D eigenvalue weighted by atomic mass is 16.4. The fraction of sp³-hybridized carbons (Fsp3) is 0.583. The molecule has 0 spiro atoms. The number of carbonyl (C=O) groups excluding carboxylic acids is 1. The third-order valence-electron chi connectivity index (χ3n) is 2.59. The standard InChI is InChI=1S/C12H19N3O3/c1-7(2)10(12(17)18)13-11(16)9-5-6-15(14-9)8(3)4/h5-8,10H,1-4H3,(H,13,16)(H,17,18). The van der Waals surface area contributed by atoms with Crippen LogP contribution in [0.2, 0.25) is 0 Å². The van der Waals surface area contributed by atoms with Gasteiger partial charge in [-0.3, -0.25) is 9.48 Å². The number of nitrogens with zero attached hydrogens (tertiary/aromatic N) is 2. The van der Waals surface area contributed by atoms with Gasteiger partial charge in [-0.15, -0.1) is 0 Å². The monoisotopic (exact) mass is 253 g/mol. The Hall–Kier alpha value is -1.85. The van der Waals surface area contributed by atoms with E-state index in [9.17, 15) is 9.59 Å². The van der Waals surface area contributed by atoms with Gasteiger partial charge in [0.2, 0.25) is 0 Å². The first-order chi connectivity index (χ1) is 8.32. The highest BCUT2D eigenvalue weighted by Gasteiger charge is 2.24. The van der Waals surface area contributed by atoms with Crippen LogP contribution in [0.5, 0.6) is 0 Å². The van der Waals surface area contributed by atoms with Crippen molar-refractivity contribution in [2.75, 3.05) is 0 Å². The molecule has 0 aliphatic heterocycles. The van der Waals surface area contributed by atoms with Crippen LogP contribution in [-0.4, -0.2) is 32.8 Å².